The topological polar surface area (TPSA) is 87.8 Å². The van der Waals surface area contributed by atoms with Crippen LogP contribution in [-0.2, 0) is 16.0 Å². The van der Waals surface area contributed by atoms with E-state index >= 15 is 0 Å². The maximum absolute atomic E-state index is 12.1. The molecule has 0 bridgehead atoms. The van der Waals surface area contributed by atoms with Gasteiger partial charge in [-0.05, 0) is 38.0 Å². The quantitative estimate of drug-likeness (QED) is 0.420. The largest absolute Gasteiger partial charge is 0.466 e. The van der Waals surface area contributed by atoms with Crippen molar-refractivity contribution in [2.45, 2.75) is 33.6 Å². The van der Waals surface area contributed by atoms with Gasteiger partial charge in [0.2, 0.25) is 11.5 Å². The summed E-state index contributed by atoms with van der Waals surface area (Å²) in [5, 5.41) is 9.91. The first-order valence-corrected chi connectivity index (χ1v) is 9.60. The van der Waals surface area contributed by atoms with E-state index in [0.717, 1.165) is 39.4 Å². The Labute approximate surface area is 168 Å². The molecule has 0 unspecified atom stereocenters. The number of imidazole rings is 2. The van der Waals surface area contributed by atoms with Crippen LogP contribution in [0.3, 0.4) is 0 Å². The summed E-state index contributed by atoms with van der Waals surface area (Å²) in [5.41, 5.74) is 4.98. The standard InChI is InChI=1S/C22H21N5O2/c1-4-29-20(28)10-9-16-14(2)17(13-23)21-25-18-7-5-6-8-19(18)27(21)22(16)26-12-11-24-15(26)3/h5-8,11-12H,4,9-10H2,1-3H3/p+1. The maximum Gasteiger partial charge on any atom is 0.306 e. The van der Waals surface area contributed by atoms with Crippen molar-refractivity contribution in [1.82, 2.24) is 14.5 Å². The Balaban J connectivity index is 2.08. The van der Waals surface area contributed by atoms with E-state index in [1.54, 1.807) is 13.1 Å². The summed E-state index contributed by atoms with van der Waals surface area (Å²) in [6.45, 7) is 6.01. The summed E-state index contributed by atoms with van der Waals surface area (Å²) in [6, 6.07) is 10.3. The van der Waals surface area contributed by atoms with E-state index in [1.165, 1.54) is 0 Å². The highest BCUT2D eigenvalue weighted by Crippen LogP contribution is 2.26. The zero-order valence-corrected chi connectivity index (χ0v) is 16.7. The summed E-state index contributed by atoms with van der Waals surface area (Å²) < 4.78 is 9.17. The van der Waals surface area contributed by atoms with Crippen molar-refractivity contribution in [3.63, 3.8) is 0 Å². The van der Waals surface area contributed by atoms with Crippen LogP contribution in [-0.4, -0.2) is 27.1 Å². The Morgan fingerprint density at radius 3 is 2.83 bits per heavy atom. The van der Waals surface area contributed by atoms with Gasteiger partial charge in [0.1, 0.15) is 22.7 Å². The maximum atomic E-state index is 12.1. The van der Waals surface area contributed by atoms with Gasteiger partial charge in [0.05, 0.1) is 19.0 Å². The molecule has 146 valence electrons. The van der Waals surface area contributed by atoms with Crippen LogP contribution in [0.15, 0.2) is 36.7 Å². The zero-order chi connectivity index (χ0) is 20.5. The number of nitriles is 1. The van der Waals surface area contributed by atoms with Crippen molar-refractivity contribution in [1.29, 1.82) is 5.26 Å². The molecule has 0 aliphatic rings. The molecule has 0 atom stereocenters. The fourth-order valence-electron chi connectivity index (χ4n) is 3.85. The molecule has 0 saturated heterocycles. The summed E-state index contributed by atoms with van der Waals surface area (Å²) >= 11 is 0. The molecule has 0 saturated carbocycles. The number of pyridine rings is 1. The number of H-pyrrole nitrogens is 1. The monoisotopic (exact) mass is 388 g/mol. The number of hydrogen-bond donors (Lipinski definition) is 1. The number of fused-ring (bicyclic) bond motifs is 3. The summed E-state index contributed by atoms with van der Waals surface area (Å²) in [7, 11) is 0. The average Bonchev–Trinajstić information content (AvgIpc) is 3.30. The molecule has 29 heavy (non-hydrogen) atoms. The number of carbonyl (C=O) groups is 1. The number of nitrogens with zero attached hydrogens (tertiary/aromatic N) is 4. The van der Waals surface area contributed by atoms with Crippen molar-refractivity contribution < 1.29 is 13.9 Å². The Kier molecular flexibility index (Phi) is 4.77. The molecule has 4 aromatic rings. The molecule has 4 rings (SSSR count). The van der Waals surface area contributed by atoms with Gasteiger partial charge in [-0.15, -0.1) is 0 Å². The second-order valence-electron chi connectivity index (χ2n) is 6.89. The number of aryl methyl sites for hydroxylation is 1. The van der Waals surface area contributed by atoms with Crippen LogP contribution < -0.4 is 4.40 Å². The van der Waals surface area contributed by atoms with Gasteiger partial charge >= 0.3 is 5.97 Å². The molecule has 0 radical (unpaired) electrons. The van der Waals surface area contributed by atoms with Gasteiger partial charge in [0.15, 0.2) is 5.82 Å². The Hall–Kier alpha value is -3.66. The van der Waals surface area contributed by atoms with E-state index in [0.29, 0.717) is 18.6 Å². The smallest absolute Gasteiger partial charge is 0.306 e. The van der Waals surface area contributed by atoms with Crippen LogP contribution >= 0.6 is 0 Å². The summed E-state index contributed by atoms with van der Waals surface area (Å²) in [6.07, 6.45) is 4.36. The van der Waals surface area contributed by atoms with E-state index in [2.05, 4.69) is 20.4 Å². The van der Waals surface area contributed by atoms with Crippen LogP contribution in [0.25, 0.3) is 22.5 Å². The number of carbonyl (C=O) groups excluding carboxylic acids is 1. The lowest BCUT2D eigenvalue weighted by Crippen LogP contribution is -2.31. The number of aromatic nitrogens is 4. The lowest BCUT2D eigenvalue weighted by Gasteiger charge is -2.13. The van der Waals surface area contributed by atoms with Crippen LogP contribution in [0.5, 0.6) is 0 Å². The molecule has 1 N–H and O–H groups in total. The van der Waals surface area contributed by atoms with Gasteiger partial charge < -0.3 is 4.74 Å². The van der Waals surface area contributed by atoms with Gasteiger partial charge in [-0.3, -0.25) is 9.78 Å². The average molecular weight is 388 g/mol. The van der Waals surface area contributed by atoms with Gasteiger partial charge in [-0.25, -0.2) is 9.55 Å². The molecule has 7 nitrogen and oxygen atoms in total. The highest BCUT2D eigenvalue weighted by Gasteiger charge is 2.28. The fraction of sp³-hybridized carbons (Fsp3) is 0.273. The molecule has 1 aromatic carbocycles. The predicted molar refractivity (Wildman–Crippen MR) is 108 cm³/mol. The predicted octanol–water partition coefficient (Wildman–Crippen LogP) is 3.08. The van der Waals surface area contributed by atoms with Crippen molar-refractivity contribution in [2.75, 3.05) is 6.61 Å². The molecule has 3 heterocycles. The first-order valence-electron chi connectivity index (χ1n) is 9.60. The summed E-state index contributed by atoms with van der Waals surface area (Å²) in [5.74, 6) is 1.46. The van der Waals surface area contributed by atoms with E-state index in [9.17, 15) is 10.1 Å². The third kappa shape index (κ3) is 3.03. The third-order valence-electron chi connectivity index (χ3n) is 5.22. The van der Waals surface area contributed by atoms with E-state index < -0.39 is 0 Å². The van der Waals surface area contributed by atoms with Crippen molar-refractivity contribution in [3.8, 4) is 11.9 Å². The van der Waals surface area contributed by atoms with Gasteiger partial charge in [-0.1, -0.05) is 12.1 Å². The summed E-state index contributed by atoms with van der Waals surface area (Å²) in [4.78, 5) is 19.8. The Bertz CT molecular complexity index is 1280. The van der Waals surface area contributed by atoms with E-state index in [4.69, 9.17) is 4.74 Å². The van der Waals surface area contributed by atoms with Crippen LogP contribution in [0, 0.1) is 25.2 Å². The van der Waals surface area contributed by atoms with Crippen molar-refractivity contribution in [3.05, 3.63) is 59.2 Å². The highest BCUT2D eigenvalue weighted by molar-refractivity contribution is 5.77. The van der Waals surface area contributed by atoms with Gasteiger partial charge in [-0.2, -0.15) is 9.66 Å². The molecule has 0 spiro atoms. The first kappa shape index (κ1) is 18.7. The second-order valence-corrected chi connectivity index (χ2v) is 6.89. The van der Waals surface area contributed by atoms with E-state index in [1.807, 2.05) is 48.9 Å². The minimum absolute atomic E-state index is 0.245. The molecule has 3 aromatic heterocycles. The molecule has 0 aliphatic carbocycles. The molecular formula is C22H22N5O2+. The fourth-order valence-corrected chi connectivity index (χ4v) is 3.85. The van der Waals surface area contributed by atoms with Gasteiger partial charge in [0.25, 0.3) is 0 Å². The molecule has 0 fully saturated rings. The molecule has 7 heteroatoms. The third-order valence-corrected chi connectivity index (χ3v) is 5.22. The number of ether oxygens (including phenoxy) is 1. The normalized spacial score (nSPS) is 11.1. The highest BCUT2D eigenvalue weighted by atomic mass is 16.5. The lowest BCUT2D eigenvalue weighted by atomic mass is 10.00. The minimum Gasteiger partial charge on any atom is -0.466 e. The lowest BCUT2D eigenvalue weighted by molar-refractivity contribution is -0.476. The number of benzene rings is 1. The number of aromatic amines is 1. The molecule has 0 amide bonds. The van der Waals surface area contributed by atoms with Gasteiger partial charge in [0, 0.05) is 18.9 Å². The minimum atomic E-state index is -0.247. The number of nitrogens with one attached hydrogen (secondary N) is 1. The van der Waals surface area contributed by atoms with Crippen LogP contribution in [0.1, 0.15) is 35.9 Å². The van der Waals surface area contributed by atoms with Crippen molar-refractivity contribution in [2.24, 2.45) is 0 Å². The number of rotatable bonds is 5. The SMILES string of the molecule is CCOC(=O)CCc1c(C)c(C#N)c2[nH]c3ccccc3[n+]2c1-n1ccnc1C. The first-order chi connectivity index (χ1) is 14.1. The molecule has 0 aliphatic heterocycles. The molecular weight excluding hydrogens is 366 g/mol. The van der Waals surface area contributed by atoms with Crippen LogP contribution in [0.2, 0.25) is 0 Å². The second kappa shape index (κ2) is 7.40. The number of esters is 1. The van der Waals surface area contributed by atoms with Crippen molar-refractivity contribution >= 4 is 22.6 Å². The van der Waals surface area contributed by atoms with Crippen LogP contribution in [0.4, 0.5) is 0 Å². The Morgan fingerprint density at radius 2 is 2.14 bits per heavy atom. The number of para-hydroxylation sites is 2. The zero-order valence-electron chi connectivity index (χ0n) is 16.7. The van der Waals surface area contributed by atoms with E-state index in [-0.39, 0.29) is 12.4 Å². The number of hydrogen-bond acceptors (Lipinski definition) is 4. The Morgan fingerprint density at radius 1 is 1.34 bits per heavy atom.